The van der Waals surface area contributed by atoms with Gasteiger partial charge in [0.25, 0.3) is 0 Å². The van der Waals surface area contributed by atoms with Crippen LogP contribution in [0.15, 0.2) is 12.4 Å². The van der Waals surface area contributed by atoms with Gasteiger partial charge in [-0.1, -0.05) is 6.92 Å². The molecule has 2 atom stereocenters. The molecule has 0 aromatic carbocycles. The minimum Gasteiger partial charge on any atom is -0.340 e. The molecule has 0 aliphatic carbocycles. The number of hydrogen-bond donors (Lipinski definition) is 2. The quantitative estimate of drug-likeness (QED) is 0.776. The third-order valence-corrected chi connectivity index (χ3v) is 3.15. The molecule has 2 N–H and O–H groups in total. The molecule has 1 aliphatic heterocycles. The highest BCUT2D eigenvalue weighted by atomic mass is 16.2. The van der Waals surface area contributed by atoms with Crippen LogP contribution in [-0.4, -0.2) is 40.6 Å². The van der Waals surface area contributed by atoms with Crippen molar-refractivity contribution in [3.63, 3.8) is 0 Å². The average Bonchev–Trinajstić information content (AvgIpc) is 2.88. The fourth-order valence-electron chi connectivity index (χ4n) is 2.12. The highest BCUT2D eigenvalue weighted by molar-refractivity contribution is 5.82. The second-order valence-corrected chi connectivity index (χ2v) is 4.50. The summed E-state index contributed by atoms with van der Waals surface area (Å²) in [6, 6.07) is -0.0168. The lowest BCUT2D eigenvalue weighted by Crippen LogP contribution is -2.43. The Labute approximate surface area is 95.2 Å². The Morgan fingerprint density at radius 3 is 3.06 bits per heavy atom. The molecule has 1 aromatic rings. The lowest BCUT2D eigenvalue weighted by molar-refractivity contribution is -0.133. The average molecular weight is 222 g/mol. The summed E-state index contributed by atoms with van der Waals surface area (Å²) in [6.07, 6.45) is 4.64. The number of rotatable bonds is 3. The predicted octanol–water partition coefficient (Wildman–Crippen LogP) is 0.366. The second kappa shape index (κ2) is 4.65. The van der Waals surface area contributed by atoms with Gasteiger partial charge in [-0.3, -0.25) is 9.89 Å². The van der Waals surface area contributed by atoms with E-state index in [9.17, 15) is 4.79 Å². The first-order chi connectivity index (χ1) is 7.68. The molecule has 88 valence electrons. The summed E-state index contributed by atoms with van der Waals surface area (Å²) in [4.78, 5) is 13.9. The van der Waals surface area contributed by atoms with Gasteiger partial charge < -0.3 is 10.2 Å². The molecule has 0 radical (unpaired) electrons. The minimum absolute atomic E-state index is 0.0168. The monoisotopic (exact) mass is 222 g/mol. The van der Waals surface area contributed by atoms with E-state index in [0.717, 1.165) is 18.5 Å². The summed E-state index contributed by atoms with van der Waals surface area (Å²) >= 11 is 0. The highest BCUT2D eigenvalue weighted by Crippen LogP contribution is 2.16. The lowest BCUT2D eigenvalue weighted by Gasteiger charge is -2.23. The van der Waals surface area contributed by atoms with Crippen molar-refractivity contribution < 1.29 is 4.79 Å². The van der Waals surface area contributed by atoms with Gasteiger partial charge in [0.1, 0.15) is 0 Å². The van der Waals surface area contributed by atoms with Gasteiger partial charge in [0.05, 0.1) is 12.2 Å². The van der Waals surface area contributed by atoms with Crippen molar-refractivity contribution in [3.8, 4) is 0 Å². The maximum atomic E-state index is 12.1. The molecule has 1 fully saturated rings. The van der Waals surface area contributed by atoms with Crippen LogP contribution < -0.4 is 5.32 Å². The molecule has 2 unspecified atom stereocenters. The number of carbonyl (C=O) groups is 1. The Morgan fingerprint density at radius 1 is 1.69 bits per heavy atom. The fourth-order valence-corrected chi connectivity index (χ4v) is 2.12. The lowest BCUT2D eigenvalue weighted by atomic mass is 10.0. The molecular weight excluding hydrogens is 204 g/mol. The third kappa shape index (κ3) is 2.24. The van der Waals surface area contributed by atoms with Crippen molar-refractivity contribution in [1.29, 1.82) is 0 Å². The van der Waals surface area contributed by atoms with E-state index in [2.05, 4.69) is 22.4 Å². The highest BCUT2D eigenvalue weighted by Gasteiger charge is 2.31. The predicted molar refractivity (Wildman–Crippen MR) is 60.6 cm³/mol. The molecule has 0 bridgehead atoms. The van der Waals surface area contributed by atoms with Gasteiger partial charge in [0.15, 0.2) is 0 Å². The number of nitrogens with one attached hydrogen (secondary N) is 2. The van der Waals surface area contributed by atoms with Crippen molar-refractivity contribution in [1.82, 2.24) is 20.4 Å². The normalized spacial score (nSPS) is 24.6. The van der Waals surface area contributed by atoms with Gasteiger partial charge in [-0.2, -0.15) is 5.10 Å². The molecule has 2 heterocycles. The number of nitrogens with zero attached hydrogens (tertiary/aromatic N) is 2. The van der Waals surface area contributed by atoms with E-state index >= 15 is 0 Å². The van der Waals surface area contributed by atoms with Gasteiger partial charge in [0, 0.05) is 25.4 Å². The number of aromatic nitrogens is 2. The Balaban J connectivity index is 1.94. The maximum Gasteiger partial charge on any atom is 0.240 e. The number of H-pyrrole nitrogens is 1. The SMILES string of the molecule is CC1CCNC1C(=O)N(C)Cc1cn[nH]c1. The summed E-state index contributed by atoms with van der Waals surface area (Å²) in [6.45, 7) is 3.67. The van der Waals surface area contributed by atoms with E-state index in [-0.39, 0.29) is 11.9 Å². The topological polar surface area (TPSA) is 61.0 Å². The first kappa shape index (κ1) is 11.1. The molecule has 0 spiro atoms. The summed E-state index contributed by atoms with van der Waals surface area (Å²) < 4.78 is 0. The van der Waals surface area contributed by atoms with E-state index in [1.54, 1.807) is 11.1 Å². The largest absolute Gasteiger partial charge is 0.340 e. The third-order valence-electron chi connectivity index (χ3n) is 3.15. The van der Waals surface area contributed by atoms with E-state index in [1.165, 1.54) is 0 Å². The van der Waals surface area contributed by atoms with Crippen LogP contribution in [0.4, 0.5) is 0 Å². The fraction of sp³-hybridized carbons (Fsp3) is 0.636. The molecule has 5 heteroatoms. The molecule has 5 nitrogen and oxygen atoms in total. The van der Waals surface area contributed by atoms with Crippen molar-refractivity contribution in [2.24, 2.45) is 5.92 Å². The van der Waals surface area contributed by atoms with Crippen LogP contribution >= 0.6 is 0 Å². The molecule has 1 aliphatic rings. The van der Waals surface area contributed by atoms with Gasteiger partial charge in [-0.15, -0.1) is 0 Å². The number of likely N-dealkylation sites (N-methyl/N-ethyl adjacent to an activating group) is 1. The Bertz CT molecular complexity index is 349. The summed E-state index contributed by atoms with van der Waals surface area (Å²) in [5, 5.41) is 9.87. The number of amides is 1. The van der Waals surface area contributed by atoms with Crippen LogP contribution in [0.25, 0.3) is 0 Å². The van der Waals surface area contributed by atoms with Crippen molar-refractivity contribution in [2.75, 3.05) is 13.6 Å². The van der Waals surface area contributed by atoms with Gasteiger partial charge in [-0.05, 0) is 18.9 Å². The molecule has 16 heavy (non-hydrogen) atoms. The van der Waals surface area contributed by atoms with E-state index < -0.39 is 0 Å². The zero-order chi connectivity index (χ0) is 11.5. The smallest absolute Gasteiger partial charge is 0.240 e. The van der Waals surface area contributed by atoms with E-state index in [0.29, 0.717) is 12.5 Å². The van der Waals surface area contributed by atoms with Crippen molar-refractivity contribution in [2.45, 2.75) is 25.9 Å². The van der Waals surface area contributed by atoms with Crippen LogP contribution in [0.3, 0.4) is 0 Å². The molecule has 0 saturated carbocycles. The summed E-state index contributed by atoms with van der Waals surface area (Å²) in [5.74, 6) is 0.602. The van der Waals surface area contributed by atoms with Crippen LogP contribution in [0.1, 0.15) is 18.9 Å². The van der Waals surface area contributed by atoms with E-state index in [1.807, 2.05) is 13.2 Å². The number of carbonyl (C=O) groups excluding carboxylic acids is 1. The second-order valence-electron chi connectivity index (χ2n) is 4.50. The molecule has 1 amide bonds. The standard InChI is InChI=1S/C11H18N4O/c1-8-3-4-12-10(8)11(16)15(2)7-9-5-13-14-6-9/h5-6,8,10,12H,3-4,7H2,1-2H3,(H,13,14). The Kier molecular flexibility index (Phi) is 3.24. The van der Waals surface area contributed by atoms with Gasteiger partial charge in [-0.25, -0.2) is 0 Å². The van der Waals surface area contributed by atoms with Gasteiger partial charge in [0.2, 0.25) is 5.91 Å². The minimum atomic E-state index is -0.0168. The first-order valence-corrected chi connectivity index (χ1v) is 5.64. The van der Waals surface area contributed by atoms with Crippen molar-refractivity contribution >= 4 is 5.91 Å². The maximum absolute atomic E-state index is 12.1. The van der Waals surface area contributed by atoms with Crippen LogP contribution in [-0.2, 0) is 11.3 Å². The van der Waals surface area contributed by atoms with Crippen LogP contribution in [0.2, 0.25) is 0 Å². The van der Waals surface area contributed by atoms with Gasteiger partial charge >= 0.3 is 0 Å². The zero-order valence-corrected chi connectivity index (χ0v) is 9.73. The molecule has 1 saturated heterocycles. The van der Waals surface area contributed by atoms with Crippen LogP contribution in [0, 0.1) is 5.92 Å². The van der Waals surface area contributed by atoms with E-state index in [4.69, 9.17) is 0 Å². The summed E-state index contributed by atoms with van der Waals surface area (Å²) in [5.41, 5.74) is 1.03. The molecule has 1 aromatic heterocycles. The molecular formula is C11H18N4O. The first-order valence-electron chi connectivity index (χ1n) is 5.64. The number of aromatic amines is 1. The van der Waals surface area contributed by atoms with Crippen molar-refractivity contribution in [3.05, 3.63) is 18.0 Å². The number of hydrogen-bond acceptors (Lipinski definition) is 3. The molecule has 2 rings (SSSR count). The Morgan fingerprint density at radius 2 is 2.50 bits per heavy atom. The Hall–Kier alpha value is -1.36. The zero-order valence-electron chi connectivity index (χ0n) is 9.73. The summed E-state index contributed by atoms with van der Waals surface area (Å²) in [7, 11) is 1.84. The van der Waals surface area contributed by atoms with Crippen LogP contribution in [0.5, 0.6) is 0 Å².